The predicted molar refractivity (Wildman–Crippen MR) is 71.3 cm³/mol. The second-order valence-electron chi connectivity index (χ2n) is 5.09. The van der Waals surface area contributed by atoms with Crippen LogP contribution in [-0.2, 0) is 6.42 Å². The van der Waals surface area contributed by atoms with Crippen LogP contribution < -0.4 is 10.1 Å². The van der Waals surface area contributed by atoms with E-state index >= 15 is 0 Å². The van der Waals surface area contributed by atoms with Gasteiger partial charge in [0, 0.05) is 6.04 Å². The fourth-order valence-corrected chi connectivity index (χ4v) is 3.14. The van der Waals surface area contributed by atoms with E-state index in [0.29, 0.717) is 5.02 Å². The number of hydrogen-bond donors (Lipinski definition) is 2. The highest BCUT2D eigenvalue weighted by Crippen LogP contribution is 2.36. The number of ether oxygens (including phenoxy) is 1. The predicted octanol–water partition coefficient (Wildman–Crippen LogP) is 2.45. The summed E-state index contributed by atoms with van der Waals surface area (Å²) in [5.74, 6) is 0.804. The van der Waals surface area contributed by atoms with Crippen molar-refractivity contribution in [2.75, 3.05) is 13.2 Å². The van der Waals surface area contributed by atoms with Gasteiger partial charge in [0.25, 0.3) is 0 Å². The van der Waals surface area contributed by atoms with Gasteiger partial charge in [0.15, 0.2) is 0 Å². The quantitative estimate of drug-likeness (QED) is 0.865. The van der Waals surface area contributed by atoms with Crippen LogP contribution in [0.4, 0.5) is 0 Å². The molecular weight excluding hydrogens is 250 g/mol. The molecule has 0 bridgehead atoms. The maximum Gasteiger partial charge on any atom is 0.141 e. The van der Waals surface area contributed by atoms with Crippen LogP contribution in [0.15, 0.2) is 12.1 Å². The van der Waals surface area contributed by atoms with Crippen LogP contribution in [-0.4, -0.2) is 24.3 Å². The Labute approximate surface area is 112 Å². The Morgan fingerprint density at radius 3 is 3.06 bits per heavy atom. The lowest BCUT2D eigenvalue weighted by molar-refractivity contribution is 0.137. The zero-order chi connectivity index (χ0) is 12.5. The minimum Gasteiger partial charge on any atom is -0.492 e. The van der Waals surface area contributed by atoms with Gasteiger partial charge < -0.3 is 15.2 Å². The van der Waals surface area contributed by atoms with Crippen LogP contribution in [0.5, 0.6) is 5.75 Å². The maximum absolute atomic E-state index is 10.4. The van der Waals surface area contributed by atoms with Crippen molar-refractivity contribution in [1.82, 2.24) is 5.32 Å². The largest absolute Gasteiger partial charge is 0.492 e. The van der Waals surface area contributed by atoms with E-state index in [9.17, 15) is 5.11 Å². The van der Waals surface area contributed by atoms with Crippen LogP contribution in [0.2, 0.25) is 5.02 Å². The third-order valence-corrected chi connectivity index (χ3v) is 4.08. The van der Waals surface area contributed by atoms with Gasteiger partial charge in [0.05, 0.1) is 17.7 Å². The lowest BCUT2D eigenvalue weighted by Gasteiger charge is -2.23. The molecule has 1 aromatic rings. The number of aliphatic hydroxyl groups excluding tert-OH is 1. The van der Waals surface area contributed by atoms with Crippen molar-refractivity contribution in [3.05, 3.63) is 28.3 Å². The first-order chi connectivity index (χ1) is 8.75. The van der Waals surface area contributed by atoms with Crippen molar-refractivity contribution in [2.24, 2.45) is 0 Å². The van der Waals surface area contributed by atoms with Crippen molar-refractivity contribution in [3.8, 4) is 5.75 Å². The molecule has 0 spiro atoms. The van der Waals surface area contributed by atoms with Crippen LogP contribution in [0.3, 0.4) is 0 Å². The molecule has 0 aliphatic carbocycles. The molecule has 2 unspecified atom stereocenters. The van der Waals surface area contributed by atoms with Gasteiger partial charge >= 0.3 is 0 Å². The molecule has 98 valence electrons. The Morgan fingerprint density at radius 1 is 1.39 bits per heavy atom. The van der Waals surface area contributed by atoms with E-state index in [-0.39, 0.29) is 6.04 Å². The number of aliphatic hydroxyl groups is 1. The first kappa shape index (κ1) is 12.3. The average Bonchev–Trinajstić information content (AvgIpc) is 2.91. The summed E-state index contributed by atoms with van der Waals surface area (Å²) < 4.78 is 5.59. The molecule has 0 saturated carbocycles. The fourth-order valence-electron chi connectivity index (χ4n) is 2.84. The Bertz CT molecular complexity index is 444. The Hall–Kier alpha value is -0.770. The lowest BCUT2D eigenvalue weighted by atomic mass is 9.96. The molecule has 2 atom stereocenters. The minimum absolute atomic E-state index is 0.156. The van der Waals surface area contributed by atoms with Gasteiger partial charge in [-0.05, 0) is 55.5 Å². The first-order valence-electron chi connectivity index (χ1n) is 6.62. The number of halogens is 1. The number of rotatable bonds is 2. The van der Waals surface area contributed by atoms with E-state index in [1.807, 2.05) is 12.1 Å². The van der Waals surface area contributed by atoms with Crippen LogP contribution in [0, 0.1) is 0 Å². The van der Waals surface area contributed by atoms with Gasteiger partial charge in [-0.15, -0.1) is 0 Å². The molecule has 1 fully saturated rings. The van der Waals surface area contributed by atoms with E-state index in [1.165, 1.54) is 0 Å². The molecule has 1 aromatic carbocycles. The number of aryl methyl sites for hydroxylation is 1. The molecule has 1 saturated heterocycles. The number of nitrogens with one attached hydrogen (secondary N) is 1. The third kappa shape index (κ3) is 2.22. The molecule has 0 amide bonds. The highest BCUT2D eigenvalue weighted by atomic mass is 35.5. The van der Waals surface area contributed by atoms with Crippen molar-refractivity contribution < 1.29 is 9.84 Å². The standard InChI is InChI=1S/C14H18ClNO2/c15-11-8-10(13(17)12-4-1-5-16-12)7-9-3-2-6-18-14(9)11/h7-8,12-13,16-17H,1-6H2. The summed E-state index contributed by atoms with van der Waals surface area (Å²) in [6.07, 6.45) is 3.67. The zero-order valence-electron chi connectivity index (χ0n) is 10.3. The molecule has 0 radical (unpaired) electrons. The van der Waals surface area contributed by atoms with Crippen molar-refractivity contribution in [3.63, 3.8) is 0 Å². The normalized spacial score (nSPS) is 24.4. The molecule has 2 heterocycles. The highest BCUT2D eigenvalue weighted by Gasteiger charge is 2.26. The fraction of sp³-hybridized carbons (Fsp3) is 0.571. The van der Waals surface area contributed by atoms with Crippen molar-refractivity contribution in [1.29, 1.82) is 0 Å². The summed E-state index contributed by atoms with van der Waals surface area (Å²) in [5.41, 5.74) is 2.03. The molecule has 3 rings (SSSR count). The topological polar surface area (TPSA) is 41.5 Å². The monoisotopic (exact) mass is 267 g/mol. The molecule has 2 aliphatic rings. The van der Waals surface area contributed by atoms with Crippen LogP contribution >= 0.6 is 11.6 Å². The van der Waals surface area contributed by atoms with E-state index in [1.54, 1.807) is 0 Å². The van der Waals surface area contributed by atoms with Gasteiger partial charge in [-0.2, -0.15) is 0 Å². The molecular formula is C14H18ClNO2. The van der Waals surface area contributed by atoms with Crippen LogP contribution in [0.1, 0.15) is 36.5 Å². The second-order valence-corrected chi connectivity index (χ2v) is 5.50. The molecule has 0 aromatic heterocycles. The molecule has 18 heavy (non-hydrogen) atoms. The van der Waals surface area contributed by atoms with Gasteiger partial charge in [0.2, 0.25) is 0 Å². The summed E-state index contributed by atoms with van der Waals surface area (Å²) in [6.45, 7) is 1.72. The average molecular weight is 268 g/mol. The highest BCUT2D eigenvalue weighted by molar-refractivity contribution is 6.32. The number of fused-ring (bicyclic) bond motifs is 1. The molecule has 2 N–H and O–H groups in total. The van der Waals surface area contributed by atoms with Crippen LogP contribution in [0.25, 0.3) is 0 Å². The van der Waals surface area contributed by atoms with Gasteiger partial charge in [0.1, 0.15) is 5.75 Å². The summed E-state index contributed by atoms with van der Waals surface area (Å²) in [5, 5.41) is 14.3. The SMILES string of the molecule is OC(c1cc(Cl)c2c(c1)CCCO2)C1CCCN1. The lowest BCUT2D eigenvalue weighted by Crippen LogP contribution is -2.28. The Kier molecular flexibility index (Phi) is 3.46. The van der Waals surface area contributed by atoms with Crippen molar-refractivity contribution in [2.45, 2.75) is 37.8 Å². The number of hydrogen-bond acceptors (Lipinski definition) is 3. The molecule has 2 aliphatic heterocycles. The van der Waals surface area contributed by atoms with Crippen molar-refractivity contribution >= 4 is 11.6 Å². The summed E-state index contributed by atoms with van der Waals surface area (Å²) in [4.78, 5) is 0. The summed E-state index contributed by atoms with van der Waals surface area (Å²) in [7, 11) is 0. The van der Waals surface area contributed by atoms with Gasteiger partial charge in [-0.25, -0.2) is 0 Å². The molecule has 4 heteroatoms. The zero-order valence-corrected chi connectivity index (χ0v) is 11.0. The molecule has 3 nitrogen and oxygen atoms in total. The smallest absolute Gasteiger partial charge is 0.141 e. The maximum atomic E-state index is 10.4. The third-order valence-electron chi connectivity index (χ3n) is 3.80. The second kappa shape index (κ2) is 5.08. The van der Waals surface area contributed by atoms with Gasteiger partial charge in [-0.3, -0.25) is 0 Å². The number of benzene rings is 1. The van der Waals surface area contributed by atoms with E-state index in [4.69, 9.17) is 16.3 Å². The minimum atomic E-state index is -0.475. The summed E-state index contributed by atoms with van der Waals surface area (Å²) in [6, 6.07) is 4.05. The summed E-state index contributed by atoms with van der Waals surface area (Å²) >= 11 is 6.24. The first-order valence-corrected chi connectivity index (χ1v) is 7.00. The van der Waals surface area contributed by atoms with E-state index in [0.717, 1.165) is 55.7 Å². The van der Waals surface area contributed by atoms with E-state index in [2.05, 4.69) is 5.32 Å². The Balaban J connectivity index is 1.90. The van der Waals surface area contributed by atoms with E-state index < -0.39 is 6.10 Å². The Morgan fingerprint density at radius 2 is 2.28 bits per heavy atom. The van der Waals surface area contributed by atoms with Gasteiger partial charge in [-0.1, -0.05) is 11.6 Å².